The number of aliphatic carboxylic acids is 2. The zero-order chi connectivity index (χ0) is 31.6. The summed E-state index contributed by atoms with van der Waals surface area (Å²) in [6, 6.07) is -0.314. The van der Waals surface area contributed by atoms with Crippen LogP contribution in [0.4, 0.5) is 0 Å². The molecule has 0 bridgehead atoms. The third kappa shape index (κ3) is 6.58. The molecule has 0 saturated heterocycles. The van der Waals surface area contributed by atoms with Gasteiger partial charge in [0.2, 0.25) is 11.8 Å². The van der Waals surface area contributed by atoms with E-state index < -0.39 is 11.9 Å². The summed E-state index contributed by atoms with van der Waals surface area (Å²) in [4.78, 5) is 56.3. The van der Waals surface area contributed by atoms with Gasteiger partial charge < -0.3 is 25.8 Å². The van der Waals surface area contributed by atoms with E-state index in [4.69, 9.17) is 4.99 Å². The van der Waals surface area contributed by atoms with Crippen molar-refractivity contribution in [1.82, 2.24) is 15.6 Å². The summed E-state index contributed by atoms with van der Waals surface area (Å²) in [5.41, 5.74) is 10.2. The number of carbonyl (C=O) groups excluding carboxylic acids is 2. The number of allylic oxidation sites excluding steroid dienone is 2. The fraction of sp³-hybridized carbons (Fsp3) is 0.485. The van der Waals surface area contributed by atoms with Crippen LogP contribution in [-0.2, 0) is 32.0 Å². The molecule has 10 heteroatoms. The van der Waals surface area contributed by atoms with Crippen molar-refractivity contribution in [2.45, 2.75) is 105 Å². The fourth-order valence-electron chi connectivity index (χ4n) is 6.49. The minimum Gasteiger partial charge on any atom is -0.481 e. The molecule has 0 aliphatic carbocycles. The van der Waals surface area contributed by atoms with Gasteiger partial charge in [0.15, 0.2) is 0 Å². The van der Waals surface area contributed by atoms with Crippen LogP contribution in [0.15, 0.2) is 44.1 Å². The van der Waals surface area contributed by atoms with Crippen LogP contribution < -0.4 is 10.6 Å². The lowest BCUT2D eigenvalue weighted by Crippen LogP contribution is -2.31. The molecule has 0 radical (unpaired) electrons. The van der Waals surface area contributed by atoms with E-state index in [9.17, 15) is 29.4 Å². The van der Waals surface area contributed by atoms with Gasteiger partial charge in [0, 0.05) is 53.9 Å². The summed E-state index contributed by atoms with van der Waals surface area (Å²) in [5.74, 6) is -1.93. The first-order valence-electron chi connectivity index (χ1n) is 15.0. The van der Waals surface area contributed by atoms with Crippen molar-refractivity contribution in [3.05, 3.63) is 61.7 Å². The van der Waals surface area contributed by atoms with Crippen molar-refractivity contribution in [3.63, 3.8) is 0 Å². The second kappa shape index (κ2) is 13.0. The van der Waals surface area contributed by atoms with Gasteiger partial charge in [-0.3, -0.25) is 24.2 Å². The molecule has 4 heterocycles. The molecule has 1 aromatic heterocycles. The lowest BCUT2D eigenvalue weighted by molar-refractivity contribution is -0.138. The normalized spacial score (nSPS) is 21.3. The van der Waals surface area contributed by atoms with Gasteiger partial charge in [-0.1, -0.05) is 13.8 Å². The molecule has 0 saturated carbocycles. The lowest BCUT2D eigenvalue weighted by atomic mass is 9.95. The highest BCUT2D eigenvalue weighted by Gasteiger charge is 2.32. The minimum atomic E-state index is -0.906. The summed E-state index contributed by atoms with van der Waals surface area (Å²) in [6.07, 6.45) is 4.84. The van der Waals surface area contributed by atoms with Gasteiger partial charge in [0.05, 0.1) is 17.8 Å². The van der Waals surface area contributed by atoms with E-state index in [0.717, 1.165) is 68.1 Å². The second-order valence-corrected chi connectivity index (χ2v) is 11.6. The number of hydrogen-bond donors (Lipinski definition) is 5. The Morgan fingerprint density at radius 2 is 1.49 bits per heavy atom. The Bertz CT molecular complexity index is 1530. The van der Waals surface area contributed by atoms with E-state index in [0.29, 0.717) is 37.8 Å². The van der Waals surface area contributed by atoms with Gasteiger partial charge in [-0.2, -0.15) is 0 Å². The zero-order valence-corrected chi connectivity index (χ0v) is 25.9. The van der Waals surface area contributed by atoms with Crippen molar-refractivity contribution < 1.29 is 29.4 Å². The number of nitrogens with zero attached hydrogens (tertiary/aromatic N) is 1. The number of nitrogens with one attached hydrogen (secondary N) is 3. The minimum absolute atomic E-state index is 0.0459. The van der Waals surface area contributed by atoms with E-state index in [2.05, 4.69) is 15.6 Å². The van der Waals surface area contributed by atoms with Gasteiger partial charge in [-0.15, -0.1) is 0 Å². The molecule has 1 aromatic rings. The monoisotopic (exact) mass is 590 g/mol. The Morgan fingerprint density at radius 1 is 0.837 bits per heavy atom. The molecule has 0 spiro atoms. The molecular weight excluding hydrogens is 548 g/mol. The number of hydrogen-bond acceptors (Lipinski definition) is 5. The van der Waals surface area contributed by atoms with Crippen LogP contribution in [0.1, 0.15) is 95.7 Å². The average molecular weight is 591 g/mol. The average Bonchev–Trinajstić information content (AvgIpc) is 3.59. The van der Waals surface area contributed by atoms with E-state index >= 15 is 0 Å². The van der Waals surface area contributed by atoms with Crippen molar-refractivity contribution in [2.75, 3.05) is 0 Å². The highest BCUT2D eigenvalue weighted by molar-refractivity contribution is 6.07. The molecule has 2 atom stereocenters. The Morgan fingerprint density at radius 3 is 2.09 bits per heavy atom. The van der Waals surface area contributed by atoms with Crippen LogP contribution in [0.25, 0.3) is 6.08 Å². The third-order valence-electron chi connectivity index (χ3n) is 9.09. The maximum Gasteiger partial charge on any atom is 0.303 e. The maximum atomic E-state index is 12.4. The number of aromatic amines is 1. The molecule has 3 aliphatic heterocycles. The number of rotatable bonds is 13. The van der Waals surface area contributed by atoms with Gasteiger partial charge in [-0.25, -0.2) is 0 Å². The molecular formula is C33H42N4O6. The zero-order valence-electron chi connectivity index (χ0n) is 25.9. The van der Waals surface area contributed by atoms with Crippen LogP contribution in [0.5, 0.6) is 0 Å². The Kier molecular flexibility index (Phi) is 9.57. The van der Waals surface area contributed by atoms with Crippen LogP contribution in [-0.4, -0.2) is 56.7 Å². The first-order chi connectivity index (χ1) is 20.4. The predicted octanol–water partition coefficient (Wildman–Crippen LogP) is 4.70. The van der Waals surface area contributed by atoms with Gasteiger partial charge in [0.1, 0.15) is 0 Å². The third-order valence-corrected chi connectivity index (χ3v) is 9.09. The molecule has 0 unspecified atom stereocenters. The van der Waals surface area contributed by atoms with Crippen LogP contribution >= 0.6 is 0 Å². The first-order valence-corrected chi connectivity index (χ1v) is 15.0. The highest BCUT2D eigenvalue weighted by atomic mass is 16.4. The molecule has 4 rings (SSSR count). The van der Waals surface area contributed by atoms with Gasteiger partial charge in [0.25, 0.3) is 0 Å². The highest BCUT2D eigenvalue weighted by Crippen LogP contribution is 2.35. The van der Waals surface area contributed by atoms with Crippen molar-refractivity contribution in [3.8, 4) is 0 Å². The number of carbonyl (C=O) groups is 4. The SMILES string of the molecule is CCC1=C(C)[C@@H](CC2=N/C(=C/c3[nH]c(C[C@H]4NC(=O)C(C)=C4CC)c(C)c3CCC(=O)O)C(CCC(=O)O)=C2C)NC1=O. The van der Waals surface area contributed by atoms with E-state index in [-0.39, 0.29) is 36.7 Å². The Hall–Kier alpha value is -4.21. The largest absolute Gasteiger partial charge is 0.481 e. The topological polar surface area (TPSA) is 161 Å². The van der Waals surface area contributed by atoms with E-state index in [1.807, 2.05) is 47.6 Å². The lowest BCUT2D eigenvalue weighted by Gasteiger charge is -2.14. The number of carboxylic acids is 2. The van der Waals surface area contributed by atoms with Crippen LogP contribution in [0, 0.1) is 6.92 Å². The molecule has 230 valence electrons. The number of amides is 2. The van der Waals surface area contributed by atoms with Crippen LogP contribution in [0.2, 0.25) is 0 Å². The maximum absolute atomic E-state index is 12.4. The fourth-order valence-corrected chi connectivity index (χ4v) is 6.49. The van der Waals surface area contributed by atoms with Crippen LogP contribution in [0.3, 0.4) is 0 Å². The Labute approximate surface area is 252 Å². The molecule has 5 N–H and O–H groups in total. The molecule has 0 aromatic carbocycles. The number of H-pyrrole nitrogens is 1. The molecule has 2 amide bonds. The van der Waals surface area contributed by atoms with E-state index in [1.165, 1.54) is 0 Å². The number of carboxylic acid groups (broad SMARTS) is 2. The number of aliphatic imine (C=N–C) groups is 1. The molecule has 3 aliphatic rings. The molecule has 43 heavy (non-hydrogen) atoms. The predicted molar refractivity (Wildman–Crippen MR) is 165 cm³/mol. The summed E-state index contributed by atoms with van der Waals surface area (Å²) in [7, 11) is 0. The summed E-state index contributed by atoms with van der Waals surface area (Å²) in [5, 5.41) is 25.0. The summed E-state index contributed by atoms with van der Waals surface area (Å²) >= 11 is 0. The van der Waals surface area contributed by atoms with Gasteiger partial charge in [-0.05, 0) is 92.9 Å². The summed E-state index contributed by atoms with van der Waals surface area (Å²) < 4.78 is 0. The summed E-state index contributed by atoms with van der Waals surface area (Å²) in [6.45, 7) is 11.7. The first kappa shape index (κ1) is 31.7. The van der Waals surface area contributed by atoms with Gasteiger partial charge >= 0.3 is 11.9 Å². The molecule has 0 fully saturated rings. The smallest absolute Gasteiger partial charge is 0.303 e. The standard InChI is InChI=1S/C33H42N4O6/c1-7-20-19(6)32(42)37-27(20)14-25-18(5)23(10-12-31(40)41)29(35-25)15-28-22(9-11-30(38)39)17(4)24(34-28)13-26-16(3)21(8-2)33(43)36-26/h15,26-27,35H,7-14H2,1-6H3,(H,36,43)(H,37,42)(H,38,39)(H,40,41)/b28-15+/t26-,27-/m1/s1. The van der Waals surface area contributed by atoms with E-state index in [1.54, 1.807) is 0 Å². The Balaban J connectivity index is 1.74. The quantitative estimate of drug-likeness (QED) is 0.224. The van der Waals surface area contributed by atoms with Crippen molar-refractivity contribution >= 4 is 35.5 Å². The molecule has 10 nitrogen and oxygen atoms in total. The second-order valence-electron chi connectivity index (χ2n) is 11.6. The van der Waals surface area contributed by atoms with Crippen molar-refractivity contribution in [2.24, 2.45) is 4.99 Å². The van der Waals surface area contributed by atoms with Crippen molar-refractivity contribution in [1.29, 1.82) is 0 Å². The number of aromatic nitrogens is 1.